The number of nitrogens with zero attached hydrogens (tertiary/aromatic N) is 1. The molecule has 3 unspecified atom stereocenters. The first-order chi connectivity index (χ1) is 9.11. The quantitative estimate of drug-likeness (QED) is 0.803. The summed E-state index contributed by atoms with van der Waals surface area (Å²) in [7, 11) is 0. The Balaban J connectivity index is 1.74. The average Bonchev–Trinajstić information content (AvgIpc) is 2.75. The van der Waals surface area contributed by atoms with Crippen LogP contribution in [0.15, 0.2) is 22.7 Å². The van der Waals surface area contributed by atoms with Crippen LogP contribution < -0.4 is 5.32 Å². The van der Waals surface area contributed by atoms with Gasteiger partial charge < -0.3 is 5.32 Å². The normalized spacial score (nSPS) is 27.6. The molecule has 1 heterocycles. The fraction of sp³-hybridized carbons (Fsp3) is 0.533. The molecule has 3 rings (SSSR count). The van der Waals surface area contributed by atoms with E-state index in [2.05, 4.69) is 58.3 Å². The number of fused-ring (bicyclic) bond motifs is 1. The molecule has 0 aliphatic heterocycles. The number of thiazole rings is 1. The van der Waals surface area contributed by atoms with Crippen molar-refractivity contribution in [2.45, 2.75) is 39.2 Å². The van der Waals surface area contributed by atoms with Crippen LogP contribution in [-0.4, -0.2) is 11.0 Å². The monoisotopic (exact) mass is 338 g/mol. The Morgan fingerprint density at radius 1 is 1.26 bits per heavy atom. The molecule has 1 N–H and O–H groups in total. The van der Waals surface area contributed by atoms with Gasteiger partial charge in [-0.05, 0) is 49.3 Å². The minimum Gasteiger partial charge on any atom is -0.359 e. The lowest BCUT2D eigenvalue weighted by molar-refractivity contribution is 0.261. The Hall–Kier alpha value is -0.610. The maximum Gasteiger partial charge on any atom is 0.184 e. The molecule has 1 aromatic carbocycles. The third-order valence-corrected chi connectivity index (χ3v) is 5.72. The highest BCUT2D eigenvalue weighted by Crippen LogP contribution is 2.33. The number of halogens is 1. The SMILES string of the molecule is CC1CCC(Nc2nc3ccc(Br)cc3s2)CC1C. The summed E-state index contributed by atoms with van der Waals surface area (Å²) in [5.41, 5.74) is 1.09. The molecule has 1 aromatic heterocycles. The summed E-state index contributed by atoms with van der Waals surface area (Å²) < 4.78 is 2.37. The third-order valence-electron chi connectivity index (χ3n) is 4.28. The van der Waals surface area contributed by atoms with E-state index in [0.29, 0.717) is 6.04 Å². The van der Waals surface area contributed by atoms with Gasteiger partial charge >= 0.3 is 0 Å². The number of aromatic nitrogens is 1. The average molecular weight is 339 g/mol. The van der Waals surface area contributed by atoms with Crippen LogP contribution in [0.1, 0.15) is 33.1 Å². The molecule has 1 saturated carbocycles. The van der Waals surface area contributed by atoms with E-state index in [1.54, 1.807) is 11.3 Å². The first-order valence-electron chi connectivity index (χ1n) is 6.94. The van der Waals surface area contributed by atoms with Crippen LogP contribution in [0.3, 0.4) is 0 Å². The first-order valence-corrected chi connectivity index (χ1v) is 8.55. The third kappa shape index (κ3) is 2.95. The zero-order chi connectivity index (χ0) is 13.4. The molecule has 19 heavy (non-hydrogen) atoms. The zero-order valence-corrected chi connectivity index (χ0v) is 13.7. The Labute approximate surface area is 126 Å². The number of rotatable bonds is 2. The van der Waals surface area contributed by atoms with Gasteiger partial charge in [-0.2, -0.15) is 0 Å². The van der Waals surface area contributed by atoms with E-state index in [-0.39, 0.29) is 0 Å². The highest BCUT2D eigenvalue weighted by molar-refractivity contribution is 9.10. The van der Waals surface area contributed by atoms with Crippen LogP contribution in [-0.2, 0) is 0 Å². The van der Waals surface area contributed by atoms with Gasteiger partial charge in [-0.25, -0.2) is 4.98 Å². The Morgan fingerprint density at radius 2 is 2.11 bits per heavy atom. The van der Waals surface area contributed by atoms with E-state index < -0.39 is 0 Å². The van der Waals surface area contributed by atoms with Gasteiger partial charge in [0.15, 0.2) is 5.13 Å². The lowest BCUT2D eigenvalue weighted by Gasteiger charge is -2.32. The van der Waals surface area contributed by atoms with Crippen LogP contribution in [0.4, 0.5) is 5.13 Å². The van der Waals surface area contributed by atoms with E-state index in [4.69, 9.17) is 0 Å². The lowest BCUT2D eigenvalue weighted by atomic mass is 9.79. The highest BCUT2D eigenvalue weighted by Gasteiger charge is 2.24. The standard InChI is InChI=1S/C15H19BrN2S/c1-9-3-5-12(7-10(9)2)17-15-18-13-6-4-11(16)8-14(13)19-15/h4,6,8-10,12H,3,5,7H2,1-2H3,(H,17,18). The van der Waals surface area contributed by atoms with E-state index in [9.17, 15) is 0 Å². The second-order valence-corrected chi connectivity index (χ2v) is 7.69. The van der Waals surface area contributed by atoms with E-state index in [1.807, 2.05) is 0 Å². The Morgan fingerprint density at radius 3 is 2.89 bits per heavy atom. The van der Waals surface area contributed by atoms with Crippen LogP contribution in [0.5, 0.6) is 0 Å². The van der Waals surface area contributed by atoms with Crippen molar-refractivity contribution in [3.05, 3.63) is 22.7 Å². The summed E-state index contributed by atoms with van der Waals surface area (Å²) in [6.07, 6.45) is 3.86. The smallest absolute Gasteiger partial charge is 0.184 e. The van der Waals surface area contributed by atoms with Crippen LogP contribution in [0.2, 0.25) is 0 Å². The molecule has 1 fully saturated rings. The molecular formula is C15H19BrN2S. The number of benzene rings is 1. The molecule has 0 bridgehead atoms. The van der Waals surface area contributed by atoms with Gasteiger partial charge in [-0.3, -0.25) is 0 Å². The number of anilines is 1. The molecule has 0 saturated heterocycles. The van der Waals surface area contributed by atoms with Crippen molar-refractivity contribution < 1.29 is 0 Å². The van der Waals surface area contributed by atoms with Crippen molar-refractivity contribution in [2.75, 3.05) is 5.32 Å². The van der Waals surface area contributed by atoms with E-state index in [1.165, 1.54) is 24.0 Å². The Kier molecular flexibility index (Phi) is 3.81. The fourth-order valence-corrected chi connectivity index (χ4v) is 4.31. The minimum absolute atomic E-state index is 0.593. The molecule has 2 nitrogen and oxygen atoms in total. The topological polar surface area (TPSA) is 24.9 Å². The molecule has 3 atom stereocenters. The van der Waals surface area contributed by atoms with Gasteiger partial charge in [0, 0.05) is 10.5 Å². The van der Waals surface area contributed by atoms with E-state index in [0.717, 1.165) is 27.0 Å². The molecule has 1 aliphatic rings. The Bertz CT molecular complexity index is 581. The molecule has 0 amide bonds. The predicted molar refractivity (Wildman–Crippen MR) is 86.9 cm³/mol. The predicted octanol–water partition coefficient (Wildman–Crippen LogP) is 5.30. The number of hydrogen-bond acceptors (Lipinski definition) is 3. The minimum atomic E-state index is 0.593. The molecule has 4 heteroatoms. The van der Waals surface area contributed by atoms with Gasteiger partial charge in [-0.1, -0.05) is 41.1 Å². The van der Waals surface area contributed by atoms with Crippen LogP contribution >= 0.6 is 27.3 Å². The molecule has 102 valence electrons. The molecular weight excluding hydrogens is 320 g/mol. The van der Waals surface area contributed by atoms with E-state index >= 15 is 0 Å². The van der Waals surface area contributed by atoms with Gasteiger partial charge in [0.25, 0.3) is 0 Å². The van der Waals surface area contributed by atoms with Crippen molar-refractivity contribution in [1.29, 1.82) is 0 Å². The second-order valence-electron chi connectivity index (χ2n) is 5.74. The van der Waals surface area contributed by atoms with Crippen molar-refractivity contribution in [2.24, 2.45) is 11.8 Å². The fourth-order valence-electron chi connectivity index (χ4n) is 2.81. The summed E-state index contributed by atoms with van der Waals surface area (Å²) in [5, 5.41) is 4.70. The number of nitrogens with one attached hydrogen (secondary N) is 1. The van der Waals surface area contributed by atoms with Gasteiger partial charge in [-0.15, -0.1) is 0 Å². The van der Waals surface area contributed by atoms with Crippen molar-refractivity contribution in [3.8, 4) is 0 Å². The number of hydrogen-bond donors (Lipinski definition) is 1. The van der Waals surface area contributed by atoms with Crippen LogP contribution in [0, 0.1) is 11.8 Å². The second kappa shape index (κ2) is 5.41. The van der Waals surface area contributed by atoms with Crippen molar-refractivity contribution in [1.82, 2.24) is 4.98 Å². The molecule has 1 aliphatic carbocycles. The van der Waals surface area contributed by atoms with Crippen molar-refractivity contribution in [3.63, 3.8) is 0 Å². The molecule has 2 aromatic rings. The largest absolute Gasteiger partial charge is 0.359 e. The van der Waals surface area contributed by atoms with Crippen molar-refractivity contribution >= 4 is 42.6 Å². The summed E-state index contributed by atoms with van der Waals surface area (Å²) in [4.78, 5) is 4.68. The zero-order valence-electron chi connectivity index (χ0n) is 11.3. The summed E-state index contributed by atoms with van der Waals surface area (Å²) in [5.74, 6) is 1.68. The van der Waals surface area contributed by atoms with Gasteiger partial charge in [0.05, 0.1) is 10.2 Å². The summed E-state index contributed by atoms with van der Waals surface area (Å²) in [6, 6.07) is 6.86. The van der Waals surface area contributed by atoms with Crippen LogP contribution in [0.25, 0.3) is 10.2 Å². The summed E-state index contributed by atoms with van der Waals surface area (Å²) >= 11 is 5.27. The summed E-state index contributed by atoms with van der Waals surface area (Å²) in [6.45, 7) is 4.74. The molecule has 0 radical (unpaired) electrons. The maximum atomic E-state index is 4.68. The van der Waals surface area contributed by atoms with Gasteiger partial charge in [0.1, 0.15) is 0 Å². The highest BCUT2D eigenvalue weighted by atomic mass is 79.9. The first kappa shape index (κ1) is 13.4. The molecule has 0 spiro atoms. The maximum absolute atomic E-state index is 4.68. The lowest BCUT2D eigenvalue weighted by Crippen LogP contribution is -2.30. The van der Waals surface area contributed by atoms with Gasteiger partial charge in [0.2, 0.25) is 0 Å².